The van der Waals surface area contributed by atoms with E-state index in [1.807, 2.05) is 13.0 Å². The summed E-state index contributed by atoms with van der Waals surface area (Å²) in [6.07, 6.45) is 0.986. The molecule has 19 heavy (non-hydrogen) atoms. The van der Waals surface area contributed by atoms with E-state index in [4.69, 9.17) is 4.74 Å². The second-order valence-electron chi connectivity index (χ2n) is 5.31. The molecule has 106 valence electrons. The maximum Gasteiger partial charge on any atom is 0.229 e. The monoisotopic (exact) mass is 264 g/mol. The summed E-state index contributed by atoms with van der Waals surface area (Å²) >= 11 is 0. The fourth-order valence-electron chi connectivity index (χ4n) is 2.23. The largest absolute Gasteiger partial charge is 0.478 e. The summed E-state index contributed by atoms with van der Waals surface area (Å²) < 4.78 is 5.64. The molecule has 1 aromatic heterocycles. The molecule has 1 fully saturated rings. The minimum absolute atomic E-state index is 0.400. The molecular formula is C14H24N4O. The highest BCUT2D eigenvalue weighted by molar-refractivity contribution is 5.36. The van der Waals surface area contributed by atoms with Gasteiger partial charge in [0.05, 0.1) is 6.61 Å². The van der Waals surface area contributed by atoms with Crippen LogP contribution in [0.15, 0.2) is 6.07 Å². The van der Waals surface area contributed by atoms with Crippen molar-refractivity contribution in [2.24, 2.45) is 0 Å². The Kier molecular flexibility index (Phi) is 4.58. The van der Waals surface area contributed by atoms with Crippen molar-refractivity contribution in [3.05, 3.63) is 11.8 Å². The van der Waals surface area contributed by atoms with Gasteiger partial charge in [-0.2, -0.15) is 4.98 Å². The van der Waals surface area contributed by atoms with Crippen molar-refractivity contribution in [3.63, 3.8) is 0 Å². The van der Waals surface area contributed by atoms with Gasteiger partial charge in [0.15, 0.2) is 0 Å². The second kappa shape index (κ2) is 6.19. The molecule has 2 heterocycles. The van der Waals surface area contributed by atoms with E-state index in [-0.39, 0.29) is 0 Å². The molecule has 1 aromatic rings. The van der Waals surface area contributed by atoms with Crippen LogP contribution in [0.1, 0.15) is 32.9 Å². The number of anilines is 1. The Morgan fingerprint density at radius 2 is 2.21 bits per heavy atom. The molecule has 2 atom stereocenters. The van der Waals surface area contributed by atoms with E-state index in [2.05, 4.69) is 41.0 Å². The number of aromatic nitrogens is 2. The van der Waals surface area contributed by atoms with Crippen molar-refractivity contribution >= 4 is 5.95 Å². The third-order valence-corrected chi connectivity index (χ3v) is 3.29. The standard InChI is InChI=1S/C14H24N4O/c1-5-6-19-13-7-10(2)16-14(17-13)18-9-11(3)15-8-12(18)4/h7,11-12,15H,5-6,8-9H2,1-4H3. The van der Waals surface area contributed by atoms with Gasteiger partial charge in [-0.25, -0.2) is 4.98 Å². The molecule has 0 aromatic carbocycles. The first-order chi connectivity index (χ1) is 9.10. The van der Waals surface area contributed by atoms with Crippen LogP contribution >= 0.6 is 0 Å². The Morgan fingerprint density at radius 3 is 2.95 bits per heavy atom. The lowest BCUT2D eigenvalue weighted by atomic mass is 10.1. The van der Waals surface area contributed by atoms with E-state index < -0.39 is 0 Å². The summed E-state index contributed by atoms with van der Waals surface area (Å²) in [5.41, 5.74) is 0.953. The molecule has 1 aliphatic heterocycles. The van der Waals surface area contributed by atoms with E-state index in [1.165, 1.54) is 0 Å². The number of hydrogen-bond donors (Lipinski definition) is 1. The van der Waals surface area contributed by atoms with Gasteiger partial charge in [-0.15, -0.1) is 0 Å². The third kappa shape index (κ3) is 3.56. The number of nitrogens with zero attached hydrogens (tertiary/aromatic N) is 3. The van der Waals surface area contributed by atoms with E-state index in [9.17, 15) is 0 Å². The summed E-state index contributed by atoms with van der Waals surface area (Å²) in [5.74, 6) is 1.47. The minimum Gasteiger partial charge on any atom is -0.478 e. The van der Waals surface area contributed by atoms with Gasteiger partial charge in [0, 0.05) is 36.9 Å². The van der Waals surface area contributed by atoms with Gasteiger partial charge in [0.2, 0.25) is 11.8 Å². The van der Waals surface area contributed by atoms with Crippen molar-refractivity contribution < 1.29 is 4.74 Å². The zero-order valence-corrected chi connectivity index (χ0v) is 12.3. The Hall–Kier alpha value is -1.36. The molecule has 0 saturated carbocycles. The summed E-state index contributed by atoms with van der Waals surface area (Å²) in [6.45, 7) is 11.0. The molecule has 5 nitrogen and oxygen atoms in total. The van der Waals surface area contributed by atoms with Crippen LogP contribution < -0.4 is 15.0 Å². The van der Waals surface area contributed by atoms with Gasteiger partial charge >= 0.3 is 0 Å². The van der Waals surface area contributed by atoms with Crippen LogP contribution in [0.5, 0.6) is 5.88 Å². The lowest BCUT2D eigenvalue weighted by Gasteiger charge is -2.37. The lowest BCUT2D eigenvalue weighted by Crippen LogP contribution is -2.55. The molecule has 2 unspecified atom stereocenters. The second-order valence-corrected chi connectivity index (χ2v) is 5.31. The number of ether oxygens (including phenoxy) is 1. The molecule has 0 amide bonds. The van der Waals surface area contributed by atoms with Crippen LogP contribution in [-0.4, -0.2) is 41.7 Å². The quantitative estimate of drug-likeness (QED) is 0.898. The smallest absolute Gasteiger partial charge is 0.229 e. The molecule has 0 radical (unpaired) electrons. The highest BCUT2D eigenvalue weighted by atomic mass is 16.5. The predicted molar refractivity (Wildman–Crippen MR) is 76.8 cm³/mol. The van der Waals surface area contributed by atoms with Gasteiger partial charge in [-0.3, -0.25) is 0 Å². The fraction of sp³-hybridized carbons (Fsp3) is 0.714. The van der Waals surface area contributed by atoms with Crippen LogP contribution in [0.3, 0.4) is 0 Å². The van der Waals surface area contributed by atoms with Gasteiger partial charge in [-0.05, 0) is 27.2 Å². The average Bonchev–Trinajstić information content (AvgIpc) is 2.38. The Morgan fingerprint density at radius 1 is 1.42 bits per heavy atom. The molecular weight excluding hydrogens is 240 g/mol. The van der Waals surface area contributed by atoms with E-state index in [0.29, 0.717) is 24.6 Å². The minimum atomic E-state index is 0.400. The first-order valence-corrected chi connectivity index (χ1v) is 7.08. The molecule has 0 spiro atoms. The van der Waals surface area contributed by atoms with E-state index in [0.717, 1.165) is 31.2 Å². The first kappa shape index (κ1) is 14.1. The van der Waals surface area contributed by atoms with E-state index in [1.54, 1.807) is 0 Å². The maximum atomic E-state index is 5.64. The Bertz CT molecular complexity index is 424. The maximum absolute atomic E-state index is 5.64. The number of piperazine rings is 1. The Labute approximate surface area is 115 Å². The molecule has 1 N–H and O–H groups in total. The molecule has 2 rings (SSSR count). The molecule has 0 bridgehead atoms. The van der Waals surface area contributed by atoms with Gasteiger partial charge < -0.3 is 15.0 Å². The zero-order chi connectivity index (χ0) is 13.8. The average molecular weight is 264 g/mol. The van der Waals surface area contributed by atoms with Crippen LogP contribution in [-0.2, 0) is 0 Å². The van der Waals surface area contributed by atoms with Gasteiger partial charge in [-0.1, -0.05) is 6.92 Å². The number of hydrogen-bond acceptors (Lipinski definition) is 5. The van der Waals surface area contributed by atoms with Crippen molar-refractivity contribution in [3.8, 4) is 5.88 Å². The van der Waals surface area contributed by atoms with Crippen molar-refractivity contribution in [1.82, 2.24) is 15.3 Å². The number of nitrogens with one attached hydrogen (secondary N) is 1. The zero-order valence-electron chi connectivity index (χ0n) is 12.3. The number of aryl methyl sites for hydroxylation is 1. The Balaban J connectivity index is 2.20. The van der Waals surface area contributed by atoms with Crippen LogP contribution in [0, 0.1) is 6.92 Å². The summed E-state index contributed by atoms with van der Waals surface area (Å²) in [6, 6.07) is 2.76. The lowest BCUT2D eigenvalue weighted by molar-refractivity contribution is 0.303. The van der Waals surface area contributed by atoms with Crippen molar-refractivity contribution in [2.75, 3.05) is 24.6 Å². The molecule has 0 aliphatic carbocycles. The topological polar surface area (TPSA) is 50.3 Å². The SMILES string of the molecule is CCCOc1cc(C)nc(N2CC(C)NCC2C)n1. The molecule has 5 heteroatoms. The van der Waals surface area contributed by atoms with Gasteiger partial charge in [0.1, 0.15) is 0 Å². The molecule has 1 aliphatic rings. The number of rotatable bonds is 4. The van der Waals surface area contributed by atoms with E-state index >= 15 is 0 Å². The summed E-state index contributed by atoms with van der Waals surface area (Å²) in [4.78, 5) is 11.4. The van der Waals surface area contributed by atoms with Crippen molar-refractivity contribution in [1.29, 1.82) is 0 Å². The predicted octanol–water partition coefficient (Wildman–Crippen LogP) is 1.76. The first-order valence-electron chi connectivity index (χ1n) is 7.08. The third-order valence-electron chi connectivity index (χ3n) is 3.29. The molecule has 1 saturated heterocycles. The summed E-state index contributed by atoms with van der Waals surface area (Å²) in [7, 11) is 0. The van der Waals surface area contributed by atoms with Crippen LogP contribution in [0.25, 0.3) is 0 Å². The van der Waals surface area contributed by atoms with Crippen LogP contribution in [0.2, 0.25) is 0 Å². The fourth-order valence-corrected chi connectivity index (χ4v) is 2.23. The van der Waals surface area contributed by atoms with Crippen LogP contribution in [0.4, 0.5) is 5.95 Å². The highest BCUT2D eigenvalue weighted by Crippen LogP contribution is 2.19. The van der Waals surface area contributed by atoms with Crippen molar-refractivity contribution in [2.45, 2.75) is 46.2 Å². The highest BCUT2D eigenvalue weighted by Gasteiger charge is 2.25. The normalized spacial score (nSPS) is 23.5. The van der Waals surface area contributed by atoms with Gasteiger partial charge in [0.25, 0.3) is 0 Å². The summed E-state index contributed by atoms with van der Waals surface area (Å²) in [5, 5.41) is 3.47.